The van der Waals surface area contributed by atoms with Gasteiger partial charge in [0.15, 0.2) is 11.7 Å². The number of piperidine rings is 1. The van der Waals surface area contributed by atoms with Gasteiger partial charge in [-0.1, -0.05) is 6.92 Å². The van der Waals surface area contributed by atoms with E-state index in [0.29, 0.717) is 24.7 Å². The Morgan fingerprint density at radius 2 is 1.85 bits per heavy atom. The molecule has 10 heteroatoms. The summed E-state index contributed by atoms with van der Waals surface area (Å²) >= 11 is 0. The van der Waals surface area contributed by atoms with Crippen LogP contribution in [-0.2, 0) is 21.2 Å². The van der Waals surface area contributed by atoms with Crippen molar-refractivity contribution < 1.29 is 26.4 Å². The molecule has 0 bridgehead atoms. The molecule has 34 heavy (non-hydrogen) atoms. The number of hydrogen-bond donors (Lipinski definition) is 1. The zero-order valence-corrected chi connectivity index (χ0v) is 19.4. The summed E-state index contributed by atoms with van der Waals surface area (Å²) in [6, 6.07) is 9.22. The van der Waals surface area contributed by atoms with Crippen LogP contribution < -0.4 is 5.32 Å². The van der Waals surface area contributed by atoms with Gasteiger partial charge in [0.25, 0.3) is 0 Å². The number of halogens is 2. The monoisotopic (exact) mass is 489 g/mol. The van der Waals surface area contributed by atoms with Crippen molar-refractivity contribution in [2.24, 2.45) is 5.92 Å². The number of carbonyl (C=O) groups excluding carboxylic acids is 1. The topological polar surface area (TPSA) is 92.5 Å². The molecule has 4 rings (SSSR count). The molecule has 0 saturated carbocycles. The average molecular weight is 490 g/mol. The van der Waals surface area contributed by atoms with E-state index < -0.39 is 21.7 Å². The average Bonchev–Trinajstić information content (AvgIpc) is 3.27. The Bertz CT molecular complexity index is 1270. The first-order valence-electron chi connectivity index (χ1n) is 11.0. The van der Waals surface area contributed by atoms with Crippen molar-refractivity contribution in [1.29, 1.82) is 0 Å². The Labute approximate surface area is 196 Å². The fourth-order valence-corrected chi connectivity index (χ4v) is 5.24. The van der Waals surface area contributed by atoms with Crippen LogP contribution in [0.4, 0.5) is 14.5 Å². The summed E-state index contributed by atoms with van der Waals surface area (Å²) in [6.07, 6.45) is 3.24. The molecule has 1 aliphatic rings. The van der Waals surface area contributed by atoms with E-state index in [0.717, 1.165) is 25.0 Å². The largest absolute Gasteiger partial charge is 0.441 e. The standard InChI is InChI=1S/C24H25F2N3O4S/c1-16-10-12-29(13-11-16)34(31,32)19-5-3-18(4-6-19)28-23(30)8-9-24-27-15-22(33-24)20-7-2-17(25)14-21(20)26/h2-7,14-16H,8-13H2,1H3,(H,28,30). The molecule has 0 aliphatic carbocycles. The molecule has 0 atom stereocenters. The van der Waals surface area contributed by atoms with E-state index >= 15 is 0 Å². The SMILES string of the molecule is CC1CCN(S(=O)(=O)c2ccc(NC(=O)CCc3ncc(-c4ccc(F)cc4F)o3)cc2)CC1. The summed E-state index contributed by atoms with van der Waals surface area (Å²) in [5.41, 5.74) is 0.552. The fraction of sp³-hybridized carbons (Fsp3) is 0.333. The zero-order valence-electron chi connectivity index (χ0n) is 18.6. The number of nitrogens with zero attached hydrogens (tertiary/aromatic N) is 2. The molecule has 1 aliphatic heterocycles. The molecule has 2 aromatic carbocycles. The molecule has 1 amide bonds. The van der Waals surface area contributed by atoms with Crippen LogP contribution in [0.2, 0.25) is 0 Å². The number of anilines is 1. The van der Waals surface area contributed by atoms with Gasteiger partial charge in [0.05, 0.1) is 16.7 Å². The molecule has 1 saturated heterocycles. The lowest BCUT2D eigenvalue weighted by Gasteiger charge is -2.29. The molecule has 2 heterocycles. The summed E-state index contributed by atoms with van der Waals surface area (Å²) in [5, 5.41) is 2.71. The highest BCUT2D eigenvalue weighted by molar-refractivity contribution is 7.89. The van der Waals surface area contributed by atoms with E-state index in [-0.39, 0.29) is 40.9 Å². The first kappa shape index (κ1) is 24.0. The third kappa shape index (κ3) is 5.51. The van der Waals surface area contributed by atoms with Crippen LogP contribution in [0.3, 0.4) is 0 Å². The molecule has 0 radical (unpaired) electrons. The summed E-state index contributed by atoms with van der Waals surface area (Å²) in [5.74, 6) is -0.853. The van der Waals surface area contributed by atoms with Crippen LogP contribution in [-0.4, -0.2) is 36.7 Å². The third-order valence-corrected chi connectivity index (χ3v) is 7.75. The lowest BCUT2D eigenvalue weighted by Crippen LogP contribution is -2.37. The van der Waals surface area contributed by atoms with Crippen molar-refractivity contribution >= 4 is 21.6 Å². The predicted octanol–water partition coefficient (Wildman–Crippen LogP) is 4.61. The van der Waals surface area contributed by atoms with Gasteiger partial charge in [0.1, 0.15) is 11.6 Å². The van der Waals surface area contributed by atoms with Gasteiger partial charge in [-0.3, -0.25) is 4.79 Å². The zero-order chi connectivity index (χ0) is 24.3. The van der Waals surface area contributed by atoms with Crippen molar-refractivity contribution in [2.45, 2.75) is 37.5 Å². The number of sulfonamides is 1. The van der Waals surface area contributed by atoms with Crippen molar-refractivity contribution in [3.8, 4) is 11.3 Å². The second-order valence-electron chi connectivity index (χ2n) is 8.40. The van der Waals surface area contributed by atoms with Gasteiger partial charge in [0, 0.05) is 37.7 Å². The highest BCUT2D eigenvalue weighted by atomic mass is 32.2. The first-order valence-corrected chi connectivity index (χ1v) is 12.5. The quantitative estimate of drug-likeness (QED) is 0.523. The number of rotatable bonds is 7. The van der Waals surface area contributed by atoms with Crippen molar-refractivity contribution in [3.05, 3.63) is 66.2 Å². The number of oxazole rings is 1. The minimum atomic E-state index is -3.55. The lowest BCUT2D eigenvalue weighted by molar-refractivity contribution is -0.116. The molecule has 7 nitrogen and oxygen atoms in total. The number of carbonyl (C=O) groups is 1. The van der Waals surface area contributed by atoms with Crippen LogP contribution in [0.5, 0.6) is 0 Å². The smallest absolute Gasteiger partial charge is 0.243 e. The van der Waals surface area contributed by atoms with E-state index in [1.807, 2.05) is 0 Å². The van der Waals surface area contributed by atoms with Gasteiger partial charge in [-0.25, -0.2) is 22.2 Å². The number of amides is 1. The molecule has 180 valence electrons. The molecule has 1 N–H and O–H groups in total. The second kappa shape index (κ2) is 10.0. The summed E-state index contributed by atoms with van der Waals surface area (Å²) in [6.45, 7) is 3.14. The number of hydrogen-bond acceptors (Lipinski definition) is 5. The summed E-state index contributed by atoms with van der Waals surface area (Å²) in [7, 11) is -3.55. The number of aryl methyl sites for hydroxylation is 1. The van der Waals surface area contributed by atoms with Crippen LogP contribution in [0.25, 0.3) is 11.3 Å². The predicted molar refractivity (Wildman–Crippen MR) is 122 cm³/mol. The highest BCUT2D eigenvalue weighted by Crippen LogP contribution is 2.26. The van der Waals surface area contributed by atoms with E-state index in [1.165, 1.54) is 28.7 Å². The van der Waals surface area contributed by atoms with E-state index in [1.54, 1.807) is 12.1 Å². The molecule has 3 aromatic rings. The minimum Gasteiger partial charge on any atom is -0.441 e. The Morgan fingerprint density at radius 3 is 2.53 bits per heavy atom. The highest BCUT2D eigenvalue weighted by Gasteiger charge is 2.28. The Morgan fingerprint density at radius 1 is 1.15 bits per heavy atom. The maximum atomic E-state index is 13.9. The van der Waals surface area contributed by atoms with Gasteiger partial charge in [-0.05, 0) is 55.2 Å². The molecule has 0 spiro atoms. The number of benzene rings is 2. The Kier molecular flexibility index (Phi) is 7.08. The molecule has 0 unspecified atom stereocenters. The third-order valence-electron chi connectivity index (χ3n) is 5.83. The van der Waals surface area contributed by atoms with Crippen molar-refractivity contribution in [1.82, 2.24) is 9.29 Å². The maximum absolute atomic E-state index is 13.9. The Balaban J connectivity index is 1.32. The van der Waals surface area contributed by atoms with Gasteiger partial charge in [0.2, 0.25) is 15.9 Å². The summed E-state index contributed by atoms with van der Waals surface area (Å²) < 4.78 is 59.6. The summed E-state index contributed by atoms with van der Waals surface area (Å²) in [4.78, 5) is 16.5. The minimum absolute atomic E-state index is 0.0534. The fourth-order valence-electron chi connectivity index (χ4n) is 3.77. The van der Waals surface area contributed by atoms with Crippen LogP contribution in [0, 0.1) is 17.6 Å². The maximum Gasteiger partial charge on any atom is 0.243 e. The van der Waals surface area contributed by atoms with Crippen molar-refractivity contribution in [3.63, 3.8) is 0 Å². The molecular weight excluding hydrogens is 464 g/mol. The number of nitrogens with one attached hydrogen (secondary N) is 1. The van der Waals surface area contributed by atoms with E-state index in [2.05, 4.69) is 17.2 Å². The van der Waals surface area contributed by atoms with Gasteiger partial charge in [-0.2, -0.15) is 4.31 Å². The van der Waals surface area contributed by atoms with Crippen LogP contribution >= 0.6 is 0 Å². The molecule has 1 aromatic heterocycles. The van der Waals surface area contributed by atoms with E-state index in [4.69, 9.17) is 4.42 Å². The second-order valence-corrected chi connectivity index (χ2v) is 10.3. The Hall–Kier alpha value is -3.11. The van der Waals surface area contributed by atoms with Gasteiger partial charge < -0.3 is 9.73 Å². The molecule has 1 fully saturated rings. The normalized spacial score (nSPS) is 15.4. The van der Waals surface area contributed by atoms with Crippen LogP contribution in [0.1, 0.15) is 32.1 Å². The van der Waals surface area contributed by atoms with Crippen LogP contribution in [0.15, 0.2) is 58.0 Å². The molecular formula is C24H25F2N3O4S. The van der Waals surface area contributed by atoms with Gasteiger partial charge >= 0.3 is 0 Å². The van der Waals surface area contributed by atoms with E-state index in [9.17, 15) is 22.0 Å². The first-order chi connectivity index (χ1) is 16.2. The lowest BCUT2D eigenvalue weighted by atomic mass is 10.0. The van der Waals surface area contributed by atoms with Gasteiger partial charge in [-0.15, -0.1) is 0 Å². The van der Waals surface area contributed by atoms with Crippen molar-refractivity contribution in [2.75, 3.05) is 18.4 Å². The number of aromatic nitrogens is 1.